The first kappa shape index (κ1) is 19.7. The Bertz CT molecular complexity index is 692. The van der Waals surface area contributed by atoms with Gasteiger partial charge in [0.1, 0.15) is 5.60 Å². The molecule has 0 radical (unpaired) electrons. The third kappa shape index (κ3) is 4.43. The van der Waals surface area contributed by atoms with E-state index in [4.69, 9.17) is 4.74 Å². The molecule has 0 aliphatic carbocycles. The van der Waals surface area contributed by atoms with Gasteiger partial charge in [-0.1, -0.05) is 0 Å². The minimum Gasteiger partial charge on any atom is -0.444 e. The molecule has 1 unspecified atom stereocenters. The van der Waals surface area contributed by atoms with Crippen LogP contribution in [0.5, 0.6) is 0 Å². The van der Waals surface area contributed by atoms with Crippen molar-refractivity contribution in [1.82, 2.24) is 20.0 Å². The van der Waals surface area contributed by atoms with Gasteiger partial charge in [0.2, 0.25) is 0 Å². The highest BCUT2D eigenvalue weighted by Gasteiger charge is 2.34. The van der Waals surface area contributed by atoms with E-state index in [0.29, 0.717) is 38.2 Å². The number of aromatic nitrogens is 2. The minimum atomic E-state index is -0.558. The number of nitrogens with one attached hydrogen (secondary N) is 1. The lowest BCUT2D eigenvalue weighted by Gasteiger charge is -2.35. The van der Waals surface area contributed by atoms with E-state index in [1.807, 2.05) is 25.7 Å². The fraction of sp³-hybridized carbons (Fsp3) is 0.737. The highest BCUT2D eigenvalue weighted by molar-refractivity contribution is 5.94. The number of hydrogen-bond acceptors (Lipinski definition) is 5. The maximum Gasteiger partial charge on any atom is 0.410 e. The lowest BCUT2D eigenvalue weighted by atomic mass is 9.98. The van der Waals surface area contributed by atoms with Crippen LogP contribution in [0.4, 0.5) is 4.79 Å². The van der Waals surface area contributed by atoms with Crippen molar-refractivity contribution in [1.29, 1.82) is 0 Å². The predicted octanol–water partition coefficient (Wildman–Crippen LogP) is 2.08. The van der Waals surface area contributed by atoms with Gasteiger partial charge >= 0.3 is 6.09 Å². The Morgan fingerprint density at radius 2 is 2.07 bits per heavy atom. The Morgan fingerprint density at radius 1 is 1.30 bits per heavy atom. The minimum absolute atomic E-state index is 0.0501. The van der Waals surface area contributed by atoms with Crippen molar-refractivity contribution in [2.24, 2.45) is 0 Å². The summed E-state index contributed by atoms with van der Waals surface area (Å²) >= 11 is 0. The average molecular weight is 378 g/mol. The monoisotopic (exact) mass is 378 g/mol. The molecule has 2 amide bonds. The van der Waals surface area contributed by atoms with Crippen molar-refractivity contribution in [3.63, 3.8) is 0 Å². The van der Waals surface area contributed by atoms with Crippen molar-refractivity contribution in [3.05, 3.63) is 17.0 Å². The van der Waals surface area contributed by atoms with E-state index in [1.165, 1.54) is 0 Å². The number of piperidine rings is 1. The van der Waals surface area contributed by atoms with Crippen LogP contribution in [0.1, 0.15) is 68.2 Å². The second-order valence-corrected chi connectivity index (χ2v) is 8.34. The molecule has 3 rings (SSSR count). The lowest BCUT2D eigenvalue weighted by Crippen LogP contribution is -2.45. The largest absolute Gasteiger partial charge is 0.444 e. The fourth-order valence-corrected chi connectivity index (χ4v) is 3.81. The van der Waals surface area contributed by atoms with Gasteiger partial charge in [-0.2, -0.15) is 5.10 Å². The molecule has 0 bridgehead atoms. The quantitative estimate of drug-likeness (QED) is 0.839. The van der Waals surface area contributed by atoms with Gasteiger partial charge in [0.25, 0.3) is 5.91 Å². The highest BCUT2D eigenvalue weighted by Crippen LogP contribution is 2.26. The van der Waals surface area contributed by atoms with Crippen molar-refractivity contribution in [2.45, 2.75) is 71.1 Å². The molecule has 1 fully saturated rings. The van der Waals surface area contributed by atoms with E-state index in [-0.39, 0.29) is 24.6 Å². The van der Waals surface area contributed by atoms with Gasteiger partial charge in [-0.25, -0.2) is 4.79 Å². The average Bonchev–Trinajstić information content (AvgIpc) is 3.03. The number of aliphatic hydroxyl groups excluding tert-OH is 1. The van der Waals surface area contributed by atoms with Gasteiger partial charge in [0.05, 0.1) is 6.54 Å². The first-order valence-corrected chi connectivity index (χ1v) is 9.76. The number of carbonyl (C=O) groups excluding carboxylic acids is 2. The number of hydrogen-bond donors (Lipinski definition) is 2. The molecule has 2 aliphatic rings. The highest BCUT2D eigenvalue weighted by atomic mass is 16.6. The van der Waals surface area contributed by atoms with E-state index in [1.54, 1.807) is 4.90 Å². The second-order valence-electron chi connectivity index (χ2n) is 8.34. The van der Waals surface area contributed by atoms with E-state index in [2.05, 4.69) is 10.2 Å². The SMILES string of the molecule is CC(C)(C)OC(=O)N1CCc2[nH]nc(C(=O)N3CCCCC3CCO)c2C1. The van der Waals surface area contributed by atoms with Crippen LogP contribution in [0.3, 0.4) is 0 Å². The summed E-state index contributed by atoms with van der Waals surface area (Å²) in [5.41, 5.74) is 1.53. The van der Waals surface area contributed by atoms with Crippen LogP contribution in [0.15, 0.2) is 0 Å². The van der Waals surface area contributed by atoms with E-state index < -0.39 is 5.60 Å². The number of ether oxygens (including phenoxy) is 1. The van der Waals surface area contributed by atoms with Gasteiger partial charge in [-0.05, 0) is 46.5 Å². The summed E-state index contributed by atoms with van der Waals surface area (Å²) in [6.45, 7) is 7.12. The third-order valence-electron chi connectivity index (χ3n) is 5.14. The summed E-state index contributed by atoms with van der Waals surface area (Å²) in [4.78, 5) is 29.0. The summed E-state index contributed by atoms with van der Waals surface area (Å²) < 4.78 is 5.47. The molecule has 8 nitrogen and oxygen atoms in total. The van der Waals surface area contributed by atoms with Gasteiger partial charge in [0.15, 0.2) is 5.69 Å². The lowest BCUT2D eigenvalue weighted by molar-refractivity contribution is 0.0221. The van der Waals surface area contributed by atoms with Gasteiger partial charge in [0, 0.05) is 43.4 Å². The Labute approximate surface area is 159 Å². The van der Waals surface area contributed by atoms with Crippen molar-refractivity contribution in [2.75, 3.05) is 19.7 Å². The van der Waals surface area contributed by atoms with Crippen LogP contribution >= 0.6 is 0 Å². The zero-order valence-corrected chi connectivity index (χ0v) is 16.5. The Kier molecular flexibility index (Phi) is 5.74. The summed E-state index contributed by atoms with van der Waals surface area (Å²) in [5, 5.41) is 16.6. The van der Waals surface area contributed by atoms with Crippen LogP contribution in [-0.4, -0.2) is 68.4 Å². The molecular formula is C19H30N4O4. The number of amides is 2. The Balaban J connectivity index is 1.77. The van der Waals surface area contributed by atoms with Gasteiger partial charge < -0.3 is 19.6 Å². The first-order chi connectivity index (χ1) is 12.8. The molecule has 150 valence electrons. The summed E-state index contributed by atoms with van der Waals surface area (Å²) in [6.07, 6.45) is 3.77. The molecule has 8 heteroatoms. The van der Waals surface area contributed by atoms with Gasteiger partial charge in [-0.15, -0.1) is 0 Å². The standard InChI is InChI=1S/C19H30N4O4/c1-19(2,3)27-18(26)22-10-7-15-14(12-22)16(21-20-15)17(25)23-9-5-4-6-13(23)8-11-24/h13,24H,4-12H2,1-3H3,(H,20,21). The number of rotatable bonds is 3. The number of aliphatic hydroxyl groups is 1. The van der Waals surface area contributed by atoms with Crippen molar-refractivity contribution in [3.8, 4) is 0 Å². The van der Waals surface area contributed by atoms with E-state index in [0.717, 1.165) is 30.5 Å². The van der Waals surface area contributed by atoms with Gasteiger partial charge in [-0.3, -0.25) is 9.89 Å². The number of H-pyrrole nitrogens is 1. The van der Waals surface area contributed by atoms with Crippen LogP contribution in [0.2, 0.25) is 0 Å². The van der Waals surface area contributed by atoms with Crippen LogP contribution in [-0.2, 0) is 17.7 Å². The molecule has 0 aromatic carbocycles. The summed E-state index contributed by atoms with van der Waals surface area (Å²) in [7, 11) is 0. The number of carbonyl (C=O) groups is 2. The van der Waals surface area contributed by atoms with Crippen LogP contribution in [0.25, 0.3) is 0 Å². The smallest absolute Gasteiger partial charge is 0.410 e. The number of aromatic amines is 1. The van der Waals surface area contributed by atoms with Crippen molar-refractivity contribution < 1.29 is 19.4 Å². The predicted molar refractivity (Wildman–Crippen MR) is 99.3 cm³/mol. The molecule has 3 heterocycles. The molecule has 1 saturated heterocycles. The molecule has 1 aromatic rings. The third-order valence-corrected chi connectivity index (χ3v) is 5.14. The zero-order chi connectivity index (χ0) is 19.6. The van der Waals surface area contributed by atoms with E-state index in [9.17, 15) is 14.7 Å². The van der Waals surface area contributed by atoms with Crippen LogP contribution < -0.4 is 0 Å². The molecule has 1 atom stereocenters. The van der Waals surface area contributed by atoms with E-state index >= 15 is 0 Å². The van der Waals surface area contributed by atoms with Crippen molar-refractivity contribution >= 4 is 12.0 Å². The number of nitrogens with zero attached hydrogens (tertiary/aromatic N) is 3. The molecular weight excluding hydrogens is 348 g/mol. The summed E-state index contributed by atoms with van der Waals surface area (Å²) in [6, 6.07) is 0.0501. The maximum atomic E-state index is 13.2. The Hall–Kier alpha value is -2.09. The second kappa shape index (κ2) is 7.88. The molecule has 27 heavy (non-hydrogen) atoms. The molecule has 1 aromatic heterocycles. The van der Waals surface area contributed by atoms with Crippen LogP contribution in [0, 0.1) is 0 Å². The molecule has 2 aliphatic heterocycles. The maximum absolute atomic E-state index is 13.2. The number of likely N-dealkylation sites (tertiary alicyclic amines) is 1. The normalized spacial score (nSPS) is 20.4. The number of fused-ring (bicyclic) bond motifs is 1. The molecule has 0 spiro atoms. The fourth-order valence-electron chi connectivity index (χ4n) is 3.81. The topological polar surface area (TPSA) is 98.8 Å². The first-order valence-electron chi connectivity index (χ1n) is 9.76. The molecule has 0 saturated carbocycles. The zero-order valence-electron chi connectivity index (χ0n) is 16.5. The summed E-state index contributed by atoms with van der Waals surface area (Å²) in [5.74, 6) is -0.114. The molecule has 2 N–H and O–H groups in total. The Morgan fingerprint density at radius 3 is 2.78 bits per heavy atom.